The quantitative estimate of drug-likeness (QED) is 0.888. The first-order chi connectivity index (χ1) is 8.93. The van der Waals surface area contributed by atoms with E-state index in [1.54, 1.807) is 7.11 Å². The molecule has 0 aliphatic heterocycles. The molecule has 1 aromatic rings. The molecule has 1 aromatic carbocycles. The molecule has 1 N–H and O–H groups in total. The number of benzene rings is 1. The number of aliphatic carboxylic acids is 1. The van der Waals surface area contributed by atoms with Gasteiger partial charge in [-0.1, -0.05) is 19.9 Å². The van der Waals surface area contributed by atoms with E-state index < -0.39 is 5.97 Å². The summed E-state index contributed by atoms with van der Waals surface area (Å²) in [5.41, 5.74) is 0.797. The molecule has 0 spiro atoms. The van der Waals surface area contributed by atoms with Crippen molar-refractivity contribution >= 4 is 5.97 Å². The lowest BCUT2D eigenvalue weighted by Gasteiger charge is -2.11. The molecule has 2 atom stereocenters. The van der Waals surface area contributed by atoms with Crippen LogP contribution in [0.15, 0.2) is 18.2 Å². The topological polar surface area (TPSA) is 55.8 Å². The fraction of sp³-hybridized carbons (Fsp3) is 0.533. The van der Waals surface area contributed by atoms with Gasteiger partial charge in [-0.15, -0.1) is 0 Å². The number of hydrogen-bond acceptors (Lipinski definition) is 3. The normalized spacial score (nSPS) is 23.8. The van der Waals surface area contributed by atoms with Gasteiger partial charge in [0.2, 0.25) is 0 Å². The number of carbonyl (C=O) groups is 1. The molecule has 0 amide bonds. The van der Waals surface area contributed by atoms with Crippen LogP contribution in [0.1, 0.15) is 32.3 Å². The molecule has 0 bridgehead atoms. The first-order valence-corrected chi connectivity index (χ1v) is 6.47. The number of methoxy groups -OCH3 is 1. The summed E-state index contributed by atoms with van der Waals surface area (Å²) in [6.07, 6.45) is 0. The minimum atomic E-state index is -0.733. The first kappa shape index (κ1) is 13.7. The zero-order valence-corrected chi connectivity index (χ0v) is 11.8. The number of ether oxygens (including phenoxy) is 2. The predicted octanol–water partition coefficient (Wildman–Crippen LogP) is 2.92. The van der Waals surface area contributed by atoms with Gasteiger partial charge in [-0.25, -0.2) is 0 Å². The third kappa shape index (κ3) is 2.27. The fourth-order valence-corrected chi connectivity index (χ4v) is 2.88. The molecule has 0 saturated heterocycles. The third-order valence-electron chi connectivity index (χ3n) is 3.94. The van der Waals surface area contributed by atoms with Gasteiger partial charge >= 0.3 is 5.97 Å². The van der Waals surface area contributed by atoms with Crippen molar-refractivity contribution in [3.63, 3.8) is 0 Å². The summed E-state index contributed by atoms with van der Waals surface area (Å²) in [4.78, 5) is 11.2. The molecule has 0 aromatic heterocycles. The average molecular weight is 264 g/mol. The summed E-state index contributed by atoms with van der Waals surface area (Å²) in [5, 5.41) is 9.24. The van der Waals surface area contributed by atoms with Crippen LogP contribution in [0.3, 0.4) is 0 Å². The van der Waals surface area contributed by atoms with E-state index >= 15 is 0 Å². The Morgan fingerprint density at radius 1 is 1.37 bits per heavy atom. The zero-order chi connectivity index (χ0) is 14.2. The van der Waals surface area contributed by atoms with E-state index in [1.165, 1.54) is 0 Å². The van der Waals surface area contributed by atoms with Gasteiger partial charge in [0.15, 0.2) is 11.5 Å². The van der Waals surface area contributed by atoms with Gasteiger partial charge in [0.25, 0.3) is 0 Å². The van der Waals surface area contributed by atoms with E-state index in [1.807, 2.05) is 39.0 Å². The lowest BCUT2D eigenvalue weighted by Crippen LogP contribution is -2.03. The SMILES string of the molecule is CCOc1cc(C2C(C(=O)O)C2(C)C)ccc1OC. The standard InChI is InChI=1S/C15H20O4/c1-5-19-11-8-9(6-7-10(11)18-4)12-13(14(16)17)15(12,2)3/h6-8,12-13H,5H2,1-4H3,(H,16,17). The van der Waals surface area contributed by atoms with Crippen molar-refractivity contribution < 1.29 is 19.4 Å². The maximum Gasteiger partial charge on any atom is 0.307 e. The van der Waals surface area contributed by atoms with E-state index in [-0.39, 0.29) is 17.3 Å². The van der Waals surface area contributed by atoms with Gasteiger partial charge in [-0.05, 0) is 30.0 Å². The van der Waals surface area contributed by atoms with Crippen molar-refractivity contribution in [2.75, 3.05) is 13.7 Å². The lowest BCUT2D eigenvalue weighted by atomic mass is 10.0. The molecule has 1 saturated carbocycles. The van der Waals surface area contributed by atoms with Crippen molar-refractivity contribution in [1.82, 2.24) is 0 Å². The van der Waals surface area contributed by atoms with Crippen LogP contribution in [0.4, 0.5) is 0 Å². The van der Waals surface area contributed by atoms with Gasteiger partial charge in [0.1, 0.15) is 0 Å². The van der Waals surface area contributed by atoms with Crippen LogP contribution in [0.25, 0.3) is 0 Å². The van der Waals surface area contributed by atoms with Gasteiger partial charge in [-0.3, -0.25) is 4.79 Å². The number of hydrogen-bond donors (Lipinski definition) is 1. The maximum absolute atomic E-state index is 11.2. The Kier molecular flexibility index (Phi) is 3.43. The van der Waals surface area contributed by atoms with Crippen LogP contribution >= 0.6 is 0 Å². The fourth-order valence-electron chi connectivity index (χ4n) is 2.88. The Morgan fingerprint density at radius 2 is 2.05 bits per heavy atom. The molecule has 4 nitrogen and oxygen atoms in total. The molecule has 19 heavy (non-hydrogen) atoms. The molecular formula is C15H20O4. The van der Waals surface area contributed by atoms with Crippen molar-refractivity contribution in [3.05, 3.63) is 23.8 Å². The van der Waals surface area contributed by atoms with Crippen molar-refractivity contribution in [3.8, 4) is 11.5 Å². The third-order valence-corrected chi connectivity index (χ3v) is 3.94. The number of carboxylic acids is 1. The highest BCUT2D eigenvalue weighted by Gasteiger charge is 2.62. The molecule has 1 fully saturated rings. The highest BCUT2D eigenvalue weighted by atomic mass is 16.5. The summed E-state index contributed by atoms with van der Waals surface area (Å²) in [7, 11) is 1.60. The summed E-state index contributed by atoms with van der Waals surface area (Å²) < 4.78 is 10.8. The van der Waals surface area contributed by atoms with Gasteiger partial charge in [0.05, 0.1) is 19.6 Å². The largest absolute Gasteiger partial charge is 0.493 e. The van der Waals surface area contributed by atoms with Crippen LogP contribution in [0.2, 0.25) is 0 Å². The Bertz CT molecular complexity index is 493. The zero-order valence-electron chi connectivity index (χ0n) is 11.8. The Balaban J connectivity index is 2.32. The predicted molar refractivity (Wildman–Crippen MR) is 71.8 cm³/mol. The van der Waals surface area contributed by atoms with Crippen LogP contribution in [-0.2, 0) is 4.79 Å². The molecule has 1 aliphatic rings. The molecule has 2 unspecified atom stereocenters. The van der Waals surface area contributed by atoms with Gasteiger partial charge in [0, 0.05) is 5.92 Å². The van der Waals surface area contributed by atoms with E-state index in [9.17, 15) is 9.90 Å². The molecule has 2 rings (SSSR count). The van der Waals surface area contributed by atoms with Crippen molar-refractivity contribution in [2.45, 2.75) is 26.7 Å². The van der Waals surface area contributed by atoms with Crippen LogP contribution in [0, 0.1) is 11.3 Å². The Labute approximate surface area is 113 Å². The molecular weight excluding hydrogens is 244 g/mol. The molecule has 1 aliphatic carbocycles. The average Bonchev–Trinajstić information content (AvgIpc) is 2.93. The second-order valence-corrected chi connectivity index (χ2v) is 5.46. The second-order valence-electron chi connectivity index (χ2n) is 5.46. The molecule has 4 heteroatoms. The van der Waals surface area contributed by atoms with Gasteiger partial charge < -0.3 is 14.6 Å². The smallest absolute Gasteiger partial charge is 0.307 e. The second kappa shape index (κ2) is 4.76. The lowest BCUT2D eigenvalue weighted by molar-refractivity contribution is -0.139. The molecule has 0 radical (unpaired) electrons. The highest BCUT2D eigenvalue weighted by molar-refractivity contribution is 5.77. The van der Waals surface area contributed by atoms with E-state index in [4.69, 9.17) is 9.47 Å². The Hall–Kier alpha value is -1.71. The van der Waals surface area contributed by atoms with Crippen molar-refractivity contribution in [1.29, 1.82) is 0 Å². The summed E-state index contributed by atoms with van der Waals surface area (Å²) in [6.45, 7) is 6.44. The van der Waals surface area contributed by atoms with E-state index in [2.05, 4.69) is 0 Å². The van der Waals surface area contributed by atoms with E-state index in [0.29, 0.717) is 18.1 Å². The monoisotopic (exact) mass is 264 g/mol. The maximum atomic E-state index is 11.2. The number of rotatable bonds is 5. The van der Waals surface area contributed by atoms with Crippen LogP contribution < -0.4 is 9.47 Å². The molecule has 0 heterocycles. The van der Waals surface area contributed by atoms with Crippen LogP contribution in [0.5, 0.6) is 11.5 Å². The van der Waals surface area contributed by atoms with Gasteiger partial charge in [-0.2, -0.15) is 0 Å². The van der Waals surface area contributed by atoms with Crippen molar-refractivity contribution in [2.24, 2.45) is 11.3 Å². The van der Waals surface area contributed by atoms with Crippen LogP contribution in [-0.4, -0.2) is 24.8 Å². The first-order valence-electron chi connectivity index (χ1n) is 6.47. The highest BCUT2D eigenvalue weighted by Crippen LogP contribution is 2.64. The minimum absolute atomic E-state index is 0.0371. The van der Waals surface area contributed by atoms with E-state index in [0.717, 1.165) is 5.56 Å². The minimum Gasteiger partial charge on any atom is -0.493 e. The molecule has 104 valence electrons. The number of carboxylic acid groups (broad SMARTS) is 1. The summed E-state index contributed by atoms with van der Waals surface area (Å²) in [5.74, 6) is 0.333. The Morgan fingerprint density at radius 3 is 2.53 bits per heavy atom. The summed E-state index contributed by atoms with van der Waals surface area (Å²) in [6, 6.07) is 5.67. The summed E-state index contributed by atoms with van der Waals surface area (Å²) >= 11 is 0.